The summed E-state index contributed by atoms with van der Waals surface area (Å²) in [7, 11) is 0. The highest BCUT2D eigenvalue weighted by Gasteiger charge is 2.06. The van der Waals surface area contributed by atoms with Crippen molar-refractivity contribution < 1.29 is 0 Å². The molecule has 0 radical (unpaired) electrons. The van der Waals surface area contributed by atoms with Gasteiger partial charge in [0.15, 0.2) is 0 Å². The van der Waals surface area contributed by atoms with Crippen LogP contribution in [0.15, 0.2) is 42.5 Å². The van der Waals surface area contributed by atoms with E-state index in [1.807, 2.05) is 0 Å². The van der Waals surface area contributed by atoms with Crippen molar-refractivity contribution in [2.75, 3.05) is 5.32 Å². The molecule has 0 bridgehead atoms. The van der Waals surface area contributed by atoms with Gasteiger partial charge in [-0.25, -0.2) is 0 Å². The summed E-state index contributed by atoms with van der Waals surface area (Å²) in [6.45, 7) is 4.18. The Morgan fingerprint density at radius 1 is 1.06 bits per heavy atom. The number of hydrogen-bond donors (Lipinski definition) is 1. The molecule has 86 valence electrons. The topological polar surface area (TPSA) is 26.1 Å². The SMILES string of the molecule is Cc1cccc(-c2ccc3c(c2)NC(C)[N-]3)c1. The number of anilines is 1. The van der Waals surface area contributed by atoms with E-state index in [-0.39, 0.29) is 6.17 Å². The van der Waals surface area contributed by atoms with Gasteiger partial charge in [0.25, 0.3) is 0 Å². The van der Waals surface area contributed by atoms with Crippen molar-refractivity contribution in [2.45, 2.75) is 20.0 Å². The molecule has 1 atom stereocenters. The minimum Gasteiger partial charge on any atom is -0.664 e. The second-order valence-electron chi connectivity index (χ2n) is 4.55. The van der Waals surface area contributed by atoms with Gasteiger partial charge in [-0.1, -0.05) is 48.9 Å². The summed E-state index contributed by atoms with van der Waals surface area (Å²) >= 11 is 0. The molecule has 1 aliphatic heterocycles. The monoisotopic (exact) mass is 223 g/mol. The van der Waals surface area contributed by atoms with Gasteiger partial charge >= 0.3 is 0 Å². The highest BCUT2D eigenvalue weighted by atomic mass is 15.2. The van der Waals surface area contributed by atoms with Crippen LogP contribution in [0.2, 0.25) is 0 Å². The maximum Gasteiger partial charge on any atom is 0.0183 e. The van der Waals surface area contributed by atoms with Gasteiger partial charge in [0.1, 0.15) is 0 Å². The van der Waals surface area contributed by atoms with Gasteiger partial charge in [-0.3, -0.25) is 0 Å². The summed E-state index contributed by atoms with van der Waals surface area (Å²) in [4.78, 5) is 0. The van der Waals surface area contributed by atoms with Crippen LogP contribution in [0.25, 0.3) is 16.4 Å². The third-order valence-corrected chi connectivity index (χ3v) is 3.05. The van der Waals surface area contributed by atoms with Crippen molar-refractivity contribution in [3.05, 3.63) is 53.3 Å². The zero-order valence-corrected chi connectivity index (χ0v) is 10.1. The Morgan fingerprint density at radius 3 is 2.71 bits per heavy atom. The Labute approximate surface area is 102 Å². The molecular formula is C15H15N2-. The second-order valence-corrected chi connectivity index (χ2v) is 4.55. The van der Waals surface area contributed by atoms with Gasteiger partial charge in [0.2, 0.25) is 0 Å². The van der Waals surface area contributed by atoms with Crippen LogP contribution < -0.4 is 5.32 Å². The maximum absolute atomic E-state index is 4.49. The van der Waals surface area contributed by atoms with E-state index in [9.17, 15) is 0 Å². The molecule has 1 N–H and O–H groups in total. The highest BCUT2D eigenvalue weighted by Crippen LogP contribution is 2.40. The minimum atomic E-state index is 0.192. The smallest absolute Gasteiger partial charge is 0.0183 e. The molecule has 3 rings (SSSR count). The first-order valence-electron chi connectivity index (χ1n) is 5.91. The molecule has 0 saturated heterocycles. The fraction of sp³-hybridized carbons (Fsp3) is 0.200. The highest BCUT2D eigenvalue weighted by molar-refractivity contribution is 5.83. The van der Waals surface area contributed by atoms with Crippen LogP contribution in [-0.2, 0) is 0 Å². The Balaban J connectivity index is 2.03. The predicted octanol–water partition coefficient (Wildman–Crippen LogP) is 4.44. The normalized spacial score (nSPS) is 17.2. The molecule has 0 fully saturated rings. The Hall–Kier alpha value is -1.96. The first-order valence-corrected chi connectivity index (χ1v) is 5.91. The standard InChI is InChI=1S/C15H15N2/c1-10-4-3-5-12(8-10)13-6-7-14-15(9-13)17-11(2)16-14/h3-9,11,17H,1-2H3/q-1. The summed E-state index contributed by atoms with van der Waals surface area (Å²) in [5.41, 5.74) is 5.98. The van der Waals surface area contributed by atoms with Gasteiger partial charge in [-0.05, 0) is 30.3 Å². The van der Waals surface area contributed by atoms with Gasteiger partial charge in [0, 0.05) is 5.69 Å². The van der Waals surface area contributed by atoms with Crippen LogP contribution in [0.5, 0.6) is 0 Å². The van der Waals surface area contributed by atoms with E-state index in [1.54, 1.807) is 0 Å². The quantitative estimate of drug-likeness (QED) is 0.760. The van der Waals surface area contributed by atoms with E-state index < -0.39 is 0 Å². The molecule has 2 nitrogen and oxygen atoms in total. The Kier molecular flexibility index (Phi) is 2.29. The summed E-state index contributed by atoms with van der Waals surface area (Å²) in [6.07, 6.45) is 0.192. The largest absolute Gasteiger partial charge is 0.664 e. The van der Waals surface area contributed by atoms with E-state index in [0.717, 1.165) is 11.4 Å². The van der Waals surface area contributed by atoms with Crippen LogP contribution in [0, 0.1) is 6.92 Å². The van der Waals surface area contributed by atoms with Crippen LogP contribution in [0.4, 0.5) is 11.4 Å². The van der Waals surface area contributed by atoms with E-state index >= 15 is 0 Å². The van der Waals surface area contributed by atoms with Crippen molar-refractivity contribution in [3.8, 4) is 11.1 Å². The van der Waals surface area contributed by atoms with Crippen LogP contribution >= 0.6 is 0 Å². The molecule has 2 heteroatoms. The summed E-state index contributed by atoms with van der Waals surface area (Å²) < 4.78 is 0. The maximum atomic E-state index is 4.49. The lowest BCUT2D eigenvalue weighted by atomic mass is 10.0. The van der Waals surface area contributed by atoms with E-state index in [2.05, 4.69) is 66.9 Å². The third kappa shape index (κ3) is 1.86. The molecular weight excluding hydrogens is 208 g/mol. The van der Waals surface area contributed by atoms with Crippen molar-refractivity contribution in [3.63, 3.8) is 0 Å². The van der Waals surface area contributed by atoms with Crippen molar-refractivity contribution in [2.24, 2.45) is 0 Å². The molecule has 0 spiro atoms. The van der Waals surface area contributed by atoms with Gasteiger partial charge in [0.05, 0.1) is 0 Å². The van der Waals surface area contributed by atoms with E-state index in [0.29, 0.717) is 0 Å². The van der Waals surface area contributed by atoms with Crippen molar-refractivity contribution in [1.82, 2.24) is 0 Å². The predicted molar refractivity (Wildman–Crippen MR) is 72.7 cm³/mol. The molecule has 17 heavy (non-hydrogen) atoms. The average Bonchev–Trinajstić information content (AvgIpc) is 2.68. The molecule has 1 aliphatic rings. The van der Waals surface area contributed by atoms with Gasteiger partial charge in [-0.15, -0.1) is 5.69 Å². The zero-order chi connectivity index (χ0) is 11.8. The van der Waals surface area contributed by atoms with Crippen LogP contribution in [0.1, 0.15) is 12.5 Å². The number of hydrogen-bond acceptors (Lipinski definition) is 1. The lowest BCUT2D eigenvalue weighted by Crippen LogP contribution is -2.04. The number of rotatable bonds is 1. The van der Waals surface area contributed by atoms with Crippen LogP contribution in [-0.4, -0.2) is 6.17 Å². The summed E-state index contributed by atoms with van der Waals surface area (Å²) in [5.74, 6) is 0. The summed E-state index contributed by atoms with van der Waals surface area (Å²) in [6, 6.07) is 15.0. The lowest BCUT2D eigenvalue weighted by Gasteiger charge is -2.18. The number of fused-ring (bicyclic) bond motifs is 1. The zero-order valence-electron chi connectivity index (χ0n) is 10.1. The van der Waals surface area contributed by atoms with E-state index in [1.165, 1.54) is 16.7 Å². The first-order chi connectivity index (χ1) is 8.22. The molecule has 0 amide bonds. The molecule has 1 heterocycles. The first kappa shape index (κ1) is 10.2. The fourth-order valence-corrected chi connectivity index (χ4v) is 2.23. The number of nitrogens with one attached hydrogen (secondary N) is 1. The molecule has 0 aromatic heterocycles. The molecule has 0 saturated carbocycles. The number of benzene rings is 2. The minimum absolute atomic E-state index is 0.192. The third-order valence-electron chi connectivity index (χ3n) is 3.05. The molecule has 1 unspecified atom stereocenters. The fourth-order valence-electron chi connectivity index (χ4n) is 2.23. The molecule has 0 aliphatic carbocycles. The lowest BCUT2D eigenvalue weighted by molar-refractivity contribution is 1.00. The number of aryl methyl sites for hydroxylation is 1. The molecule has 2 aromatic carbocycles. The van der Waals surface area contributed by atoms with Crippen molar-refractivity contribution in [1.29, 1.82) is 0 Å². The van der Waals surface area contributed by atoms with Gasteiger partial charge in [-0.2, -0.15) is 0 Å². The summed E-state index contributed by atoms with van der Waals surface area (Å²) in [5, 5.41) is 7.85. The van der Waals surface area contributed by atoms with Crippen molar-refractivity contribution >= 4 is 11.4 Å². The Morgan fingerprint density at radius 2 is 1.88 bits per heavy atom. The number of nitrogens with zero attached hydrogens (tertiary/aromatic N) is 1. The molecule has 2 aromatic rings. The van der Waals surface area contributed by atoms with Gasteiger partial charge < -0.3 is 10.6 Å². The second kappa shape index (κ2) is 3.81. The Bertz CT molecular complexity index is 561. The van der Waals surface area contributed by atoms with E-state index in [4.69, 9.17) is 0 Å². The van der Waals surface area contributed by atoms with Crippen LogP contribution in [0.3, 0.4) is 0 Å². The average molecular weight is 223 g/mol.